The maximum atomic E-state index is 13.0. The zero-order valence-electron chi connectivity index (χ0n) is 13.7. The van der Waals surface area contributed by atoms with Gasteiger partial charge in [0.25, 0.3) is 0 Å². The van der Waals surface area contributed by atoms with E-state index in [9.17, 15) is 4.39 Å². The van der Waals surface area contributed by atoms with Crippen molar-refractivity contribution in [3.05, 3.63) is 48.3 Å². The van der Waals surface area contributed by atoms with Crippen LogP contribution in [-0.2, 0) is 13.5 Å². The normalized spacial score (nSPS) is 16.0. The maximum Gasteiger partial charge on any atom is 0.165 e. The second-order valence-electron chi connectivity index (χ2n) is 6.49. The fourth-order valence-corrected chi connectivity index (χ4v) is 3.47. The fourth-order valence-electron chi connectivity index (χ4n) is 3.47. The summed E-state index contributed by atoms with van der Waals surface area (Å²) < 4.78 is 14.9. The van der Waals surface area contributed by atoms with E-state index in [0.717, 1.165) is 49.3 Å². The average molecular weight is 325 g/mol. The van der Waals surface area contributed by atoms with Gasteiger partial charge in [-0.1, -0.05) is 12.1 Å². The van der Waals surface area contributed by atoms with Crippen LogP contribution in [0.1, 0.15) is 18.4 Å². The summed E-state index contributed by atoms with van der Waals surface area (Å²) in [6.07, 6.45) is 6.62. The smallest absolute Gasteiger partial charge is 0.165 e. The van der Waals surface area contributed by atoms with Crippen LogP contribution in [-0.4, -0.2) is 32.6 Å². The molecule has 24 heavy (non-hydrogen) atoms. The van der Waals surface area contributed by atoms with Crippen molar-refractivity contribution in [2.75, 3.05) is 18.0 Å². The van der Waals surface area contributed by atoms with Gasteiger partial charge in [0.1, 0.15) is 12.1 Å². The molecule has 4 rings (SSSR count). The summed E-state index contributed by atoms with van der Waals surface area (Å²) in [5, 5.41) is 0. The molecule has 6 heteroatoms. The Morgan fingerprint density at radius 3 is 2.58 bits per heavy atom. The molecular weight excluding hydrogens is 305 g/mol. The average Bonchev–Trinajstić information content (AvgIpc) is 2.99. The van der Waals surface area contributed by atoms with Crippen LogP contribution in [0, 0.1) is 11.7 Å². The number of hydrogen-bond donors (Lipinski definition) is 0. The van der Waals surface area contributed by atoms with Gasteiger partial charge >= 0.3 is 0 Å². The lowest BCUT2D eigenvalue weighted by atomic mass is 9.90. The molecule has 0 radical (unpaired) electrons. The van der Waals surface area contributed by atoms with E-state index in [4.69, 9.17) is 0 Å². The number of halogens is 1. The van der Waals surface area contributed by atoms with E-state index in [2.05, 4.69) is 19.9 Å². The van der Waals surface area contributed by atoms with Gasteiger partial charge in [0.05, 0.1) is 6.33 Å². The van der Waals surface area contributed by atoms with Crippen molar-refractivity contribution in [3.63, 3.8) is 0 Å². The lowest BCUT2D eigenvalue weighted by Gasteiger charge is -2.32. The monoisotopic (exact) mass is 325 g/mol. The number of anilines is 1. The number of aromatic nitrogens is 4. The maximum absolute atomic E-state index is 13.0. The van der Waals surface area contributed by atoms with E-state index in [-0.39, 0.29) is 5.82 Å². The molecule has 1 saturated heterocycles. The summed E-state index contributed by atoms with van der Waals surface area (Å²) >= 11 is 0. The van der Waals surface area contributed by atoms with E-state index in [0.29, 0.717) is 5.92 Å². The molecule has 3 aromatic rings. The van der Waals surface area contributed by atoms with Crippen molar-refractivity contribution < 1.29 is 4.39 Å². The topological polar surface area (TPSA) is 46.8 Å². The van der Waals surface area contributed by atoms with Crippen LogP contribution < -0.4 is 4.90 Å². The first kappa shape index (κ1) is 15.1. The number of nitrogens with zero attached hydrogens (tertiary/aromatic N) is 5. The molecule has 0 aliphatic carbocycles. The van der Waals surface area contributed by atoms with Gasteiger partial charge in [-0.25, -0.2) is 19.3 Å². The SMILES string of the molecule is Cn1cnc2c(N3CCC(Cc4ccc(F)cc4)CC3)ncnc21. The van der Waals surface area contributed by atoms with Crippen LogP contribution in [0.4, 0.5) is 10.2 Å². The molecule has 3 heterocycles. The second-order valence-corrected chi connectivity index (χ2v) is 6.49. The Labute approximate surface area is 140 Å². The molecule has 1 fully saturated rings. The molecule has 0 N–H and O–H groups in total. The Bertz CT molecular complexity index is 834. The predicted octanol–water partition coefficient (Wildman–Crippen LogP) is 2.96. The highest BCUT2D eigenvalue weighted by atomic mass is 19.1. The number of fused-ring (bicyclic) bond motifs is 1. The first-order valence-corrected chi connectivity index (χ1v) is 8.32. The van der Waals surface area contributed by atoms with E-state index in [1.54, 1.807) is 24.8 Å². The quantitative estimate of drug-likeness (QED) is 0.743. The molecule has 0 atom stereocenters. The molecule has 0 bridgehead atoms. The molecular formula is C18H20FN5. The Morgan fingerprint density at radius 2 is 1.83 bits per heavy atom. The van der Waals surface area contributed by atoms with E-state index >= 15 is 0 Å². The summed E-state index contributed by atoms with van der Waals surface area (Å²) in [5.74, 6) is 1.39. The van der Waals surface area contributed by atoms with Crippen LogP contribution in [0.25, 0.3) is 11.2 Å². The molecule has 124 valence electrons. The minimum Gasteiger partial charge on any atom is -0.355 e. The number of rotatable bonds is 3. The van der Waals surface area contributed by atoms with E-state index < -0.39 is 0 Å². The van der Waals surface area contributed by atoms with Gasteiger partial charge in [0.2, 0.25) is 0 Å². The Balaban J connectivity index is 1.44. The van der Waals surface area contributed by atoms with Gasteiger partial charge in [-0.3, -0.25) is 0 Å². The van der Waals surface area contributed by atoms with Gasteiger partial charge in [-0.05, 0) is 42.9 Å². The van der Waals surface area contributed by atoms with Crippen molar-refractivity contribution in [3.8, 4) is 0 Å². The summed E-state index contributed by atoms with van der Waals surface area (Å²) in [6, 6.07) is 6.87. The lowest BCUT2D eigenvalue weighted by Crippen LogP contribution is -2.35. The van der Waals surface area contributed by atoms with Crippen molar-refractivity contribution >= 4 is 17.0 Å². The highest BCUT2D eigenvalue weighted by molar-refractivity contribution is 5.83. The van der Waals surface area contributed by atoms with Gasteiger partial charge in [0, 0.05) is 20.1 Å². The number of benzene rings is 1. The Kier molecular flexibility index (Phi) is 3.88. The van der Waals surface area contributed by atoms with Crippen LogP contribution in [0.3, 0.4) is 0 Å². The summed E-state index contributed by atoms with van der Waals surface area (Å²) in [4.78, 5) is 15.5. The predicted molar refractivity (Wildman–Crippen MR) is 91.3 cm³/mol. The zero-order valence-corrected chi connectivity index (χ0v) is 13.7. The van der Waals surface area contributed by atoms with Crippen LogP contribution in [0.15, 0.2) is 36.9 Å². The minimum absolute atomic E-state index is 0.170. The molecule has 0 spiro atoms. The number of piperidine rings is 1. The summed E-state index contributed by atoms with van der Waals surface area (Å²) in [7, 11) is 1.95. The van der Waals surface area contributed by atoms with Crippen LogP contribution in [0.5, 0.6) is 0 Å². The molecule has 0 unspecified atom stereocenters. The lowest BCUT2D eigenvalue weighted by molar-refractivity contribution is 0.402. The van der Waals surface area contributed by atoms with Gasteiger partial charge in [0.15, 0.2) is 17.0 Å². The highest BCUT2D eigenvalue weighted by Crippen LogP contribution is 2.27. The first-order valence-electron chi connectivity index (χ1n) is 8.32. The molecule has 0 amide bonds. The summed E-state index contributed by atoms with van der Waals surface area (Å²) in [5.41, 5.74) is 2.95. The number of aryl methyl sites for hydroxylation is 1. The molecule has 2 aromatic heterocycles. The van der Waals surface area contributed by atoms with Gasteiger partial charge in [-0.2, -0.15) is 0 Å². The molecule has 1 aliphatic heterocycles. The van der Waals surface area contributed by atoms with Crippen LogP contribution in [0.2, 0.25) is 0 Å². The Hall–Kier alpha value is -2.50. The van der Waals surface area contributed by atoms with Crippen molar-refractivity contribution in [1.82, 2.24) is 19.5 Å². The number of hydrogen-bond acceptors (Lipinski definition) is 4. The standard InChI is InChI=1S/C18H20FN5/c1-23-12-22-16-17(23)20-11-21-18(16)24-8-6-14(7-9-24)10-13-2-4-15(19)5-3-13/h2-5,11-12,14H,6-10H2,1H3. The van der Waals surface area contributed by atoms with Gasteiger partial charge in [-0.15, -0.1) is 0 Å². The third-order valence-electron chi connectivity index (χ3n) is 4.83. The van der Waals surface area contributed by atoms with Crippen molar-refractivity contribution in [2.24, 2.45) is 13.0 Å². The van der Waals surface area contributed by atoms with E-state index in [1.807, 2.05) is 23.7 Å². The minimum atomic E-state index is -0.170. The molecule has 1 aromatic carbocycles. The van der Waals surface area contributed by atoms with Gasteiger partial charge < -0.3 is 9.47 Å². The van der Waals surface area contributed by atoms with Crippen molar-refractivity contribution in [1.29, 1.82) is 0 Å². The second kappa shape index (κ2) is 6.19. The molecule has 5 nitrogen and oxygen atoms in total. The van der Waals surface area contributed by atoms with Crippen molar-refractivity contribution in [2.45, 2.75) is 19.3 Å². The fraction of sp³-hybridized carbons (Fsp3) is 0.389. The highest BCUT2D eigenvalue weighted by Gasteiger charge is 2.23. The molecule has 1 aliphatic rings. The van der Waals surface area contributed by atoms with E-state index in [1.165, 1.54) is 5.56 Å². The Morgan fingerprint density at radius 1 is 1.08 bits per heavy atom. The third-order valence-corrected chi connectivity index (χ3v) is 4.83. The molecule has 0 saturated carbocycles. The summed E-state index contributed by atoms with van der Waals surface area (Å²) in [6.45, 7) is 1.93. The third kappa shape index (κ3) is 2.84. The zero-order chi connectivity index (χ0) is 16.5. The van der Waals surface area contributed by atoms with Crippen LogP contribution >= 0.6 is 0 Å². The number of imidazole rings is 1. The largest absolute Gasteiger partial charge is 0.355 e. The first-order chi connectivity index (χ1) is 11.7.